The van der Waals surface area contributed by atoms with Gasteiger partial charge in [-0.25, -0.2) is 4.68 Å². The lowest BCUT2D eigenvalue weighted by molar-refractivity contribution is -0.113. The zero-order valence-electron chi connectivity index (χ0n) is 20.1. The van der Waals surface area contributed by atoms with Crippen LogP contribution in [0.15, 0.2) is 35.5 Å². The van der Waals surface area contributed by atoms with Crippen molar-refractivity contribution in [1.82, 2.24) is 24.5 Å². The van der Waals surface area contributed by atoms with Gasteiger partial charge in [-0.05, 0) is 38.8 Å². The highest BCUT2D eigenvalue weighted by atomic mass is 32.2. The second-order valence-electron chi connectivity index (χ2n) is 8.76. The highest BCUT2D eigenvalue weighted by Crippen LogP contribution is 2.27. The fourth-order valence-corrected chi connectivity index (χ4v) is 5.23. The number of nitrogens with zero attached hydrogens (tertiary/aromatic N) is 6. The molecule has 0 aliphatic carbocycles. The number of benzene rings is 1. The molecule has 1 amide bonds. The molecule has 0 spiro atoms. The van der Waals surface area contributed by atoms with Crippen LogP contribution in [-0.2, 0) is 20.8 Å². The molecule has 0 saturated carbocycles. The molecule has 186 valence electrons. The molecule has 10 nitrogen and oxygen atoms in total. The van der Waals surface area contributed by atoms with Gasteiger partial charge in [0.25, 0.3) is 0 Å². The lowest BCUT2D eigenvalue weighted by Gasteiger charge is -2.28. The van der Waals surface area contributed by atoms with Gasteiger partial charge in [0.2, 0.25) is 11.9 Å². The number of thioether (sulfide) groups is 1. The summed E-state index contributed by atoms with van der Waals surface area (Å²) in [7, 11) is 0. The summed E-state index contributed by atoms with van der Waals surface area (Å²) in [6.45, 7) is 8.24. The van der Waals surface area contributed by atoms with Crippen LogP contribution in [0.3, 0.4) is 0 Å². The molecule has 5 rings (SSSR count). The lowest BCUT2D eigenvalue weighted by atomic mass is 10.2. The number of aryl methyl sites for hydroxylation is 1. The number of hydrogen-bond donors (Lipinski definition) is 1. The van der Waals surface area contributed by atoms with E-state index >= 15 is 0 Å². The molecule has 2 aliphatic rings. The Balaban J connectivity index is 1.28. The topological polar surface area (TPSA) is 99.3 Å². The summed E-state index contributed by atoms with van der Waals surface area (Å²) >= 11 is 1.39. The van der Waals surface area contributed by atoms with Crippen LogP contribution in [0, 0.1) is 13.8 Å². The molecule has 0 radical (unpaired) electrons. The Bertz CT molecular complexity index is 1150. The molecule has 2 fully saturated rings. The summed E-state index contributed by atoms with van der Waals surface area (Å²) in [5.74, 6) is 0.943. The second-order valence-corrected chi connectivity index (χ2v) is 9.70. The molecule has 1 aromatic carbocycles. The van der Waals surface area contributed by atoms with E-state index in [1.165, 1.54) is 11.8 Å². The SMILES string of the molecule is Cc1nn(-c2ccccc2)c(C)c1NC(=O)CSc1nnc(N2CCOCC2)n1CC1CCCO1. The summed E-state index contributed by atoms with van der Waals surface area (Å²) in [4.78, 5) is 15.1. The maximum atomic E-state index is 12.9. The molecule has 35 heavy (non-hydrogen) atoms. The van der Waals surface area contributed by atoms with E-state index in [4.69, 9.17) is 9.47 Å². The van der Waals surface area contributed by atoms with E-state index in [-0.39, 0.29) is 17.8 Å². The first-order valence-corrected chi connectivity index (χ1v) is 13.0. The Morgan fingerprint density at radius 3 is 2.69 bits per heavy atom. The summed E-state index contributed by atoms with van der Waals surface area (Å²) in [6.07, 6.45) is 2.24. The molecule has 2 aromatic heterocycles. The highest BCUT2D eigenvalue weighted by molar-refractivity contribution is 7.99. The molecule has 11 heteroatoms. The number of rotatable bonds is 8. The number of ether oxygens (including phenoxy) is 2. The molecule has 4 heterocycles. The molecule has 2 aliphatic heterocycles. The Hall–Kier alpha value is -2.89. The van der Waals surface area contributed by atoms with Gasteiger partial charge < -0.3 is 19.7 Å². The minimum Gasteiger partial charge on any atom is -0.378 e. The molecular formula is C24H31N7O3S. The fraction of sp³-hybridized carbons (Fsp3) is 0.500. The molecule has 3 aromatic rings. The highest BCUT2D eigenvalue weighted by Gasteiger charge is 2.25. The number of hydrogen-bond acceptors (Lipinski definition) is 8. The second kappa shape index (κ2) is 10.8. The van der Waals surface area contributed by atoms with E-state index in [0.29, 0.717) is 19.8 Å². The van der Waals surface area contributed by atoms with Gasteiger partial charge >= 0.3 is 0 Å². The van der Waals surface area contributed by atoms with Crippen LogP contribution < -0.4 is 10.2 Å². The number of carbonyl (C=O) groups is 1. The van der Waals surface area contributed by atoms with E-state index in [2.05, 4.69) is 30.1 Å². The smallest absolute Gasteiger partial charge is 0.234 e. The molecular weight excluding hydrogens is 466 g/mol. The van der Waals surface area contributed by atoms with E-state index in [0.717, 1.165) is 66.4 Å². The minimum atomic E-state index is -0.103. The Kier molecular flexibility index (Phi) is 7.35. The van der Waals surface area contributed by atoms with Crippen LogP contribution in [0.4, 0.5) is 11.6 Å². The van der Waals surface area contributed by atoms with Crippen LogP contribution in [0.25, 0.3) is 5.69 Å². The van der Waals surface area contributed by atoms with Gasteiger partial charge in [0.15, 0.2) is 5.16 Å². The van der Waals surface area contributed by atoms with Crippen LogP contribution in [0.5, 0.6) is 0 Å². The number of amides is 1. The molecule has 2 saturated heterocycles. The first kappa shape index (κ1) is 23.8. The van der Waals surface area contributed by atoms with E-state index in [1.807, 2.05) is 48.9 Å². The van der Waals surface area contributed by atoms with Gasteiger partial charge in [0.05, 0.1) is 54.4 Å². The Morgan fingerprint density at radius 2 is 1.94 bits per heavy atom. The van der Waals surface area contributed by atoms with Crippen molar-refractivity contribution in [2.24, 2.45) is 0 Å². The van der Waals surface area contributed by atoms with E-state index < -0.39 is 0 Å². The Morgan fingerprint density at radius 1 is 1.14 bits per heavy atom. The monoisotopic (exact) mass is 497 g/mol. The van der Waals surface area contributed by atoms with E-state index in [9.17, 15) is 4.79 Å². The van der Waals surface area contributed by atoms with Crippen molar-refractivity contribution >= 4 is 29.3 Å². The van der Waals surface area contributed by atoms with Crippen molar-refractivity contribution in [1.29, 1.82) is 0 Å². The number of para-hydroxylation sites is 1. The van der Waals surface area contributed by atoms with Crippen LogP contribution >= 0.6 is 11.8 Å². The average molecular weight is 498 g/mol. The predicted octanol–water partition coefficient (Wildman–Crippen LogP) is 2.83. The van der Waals surface area contributed by atoms with Gasteiger partial charge in [-0.2, -0.15) is 5.10 Å². The van der Waals surface area contributed by atoms with Crippen molar-refractivity contribution in [3.8, 4) is 5.69 Å². The first-order valence-electron chi connectivity index (χ1n) is 12.0. The third-order valence-electron chi connectivity index (χ3n) is 6.29. The average Bonchev–Trinajstić information content (AvgIpc) is 3.61. The third kappa shape index (κ3) is 5.36. The number of morpholine rings is 1. The zero-order valence-corrected chi connectivity index (χ0v) is 21.0. The normalized spacial score (nSPS) is 18.2. The largest absolute Gasteiger partial charge is 0.378 e. The van der Waals surface area contributed by atoms with Gasteiger partial charge in [-0.15, -0.1) is 10.2 Å². The van der Waals surface area contributed by atoms with Gasteiger partial charge in [0, 0.05) is 19.7 Å². The third-order valence-corrected chi connectivity index (χ3v) is 7.26. The molecule has 0 bridgehead atoms. The van der Waals surface area contributed by atoms with E-state index in [1.54, 1.807) is 0 Å². The molecule has 1 unspecified atom stereocenters. The van der Waals surface area contributed by atoms with Gasteiger partial charge in [-0.1, -0.05) is 30.0 Å². The number of carbonyl (C=O) groups excluding carboxylic acids is 1. The lowest BCUT2D eigenvalue weighted by Crippen LogP contribution is -2.38. The molecule has 1 N–H and O–H groups in total. The number of anilines is 2. The standard InChI is InChI=1S/C24H31N7O3S/c1-17-22(18(2)31(28-17)19-7-4-3-5-8-19)25-21(32)16-35-24-27-26-23(29-10-13-33-14-11-29)30(24)15-20-9-6-12-34-20/h3-5,7-8,20H,6,9-16H2,1-2H3,(H,25,32). The van der Waals surface area contributed by atoms with Crippen molar-refractivity contribution in [3.05, 3.63) is 41.7 Å². The summed E-state index contributed by atoms with van der Waals surface area (Å²) in [6, 6.07) is 9.90. The van der Waals surface area contributed by atoms with Crippen LogP contribution in [-0.4, -0.2) is 75.2 Å². The van der Waals surface area contributed by atoms with Crippen molar-refractivity contribution in [3.63, 3.8) is 0 Å². The minimum absolute atomic E-state index is 0.103. The van der Waals surface area contributed by atoms with Crippen molar-refractivity contribution < 1.29 is 14.3 Å². The fourth-order valence-electron chi connectivity index (χ4n) is 4.49. The summed E-state index contributed by atoms with van der Waals surface area (Å²) < 4.78 is 15.3. The van der Waals surface area contributed by atoms with Gasteiger partial charge in [0.1, 0.15) is 0 Å². The van der Waals surface area contributed by atoms with Crippen molar-refractivity contribution in [2.75, 3.05) is 48.9 Å². The zero-order chi connectivity index (χ0) is 24.2. The number of aromatic nitrogens is 5. The quantitative estimate of drug-likeness (QED) is 0.475. The van der Waals surface area contributed by atoms with Gasteiger partial charge in [-0.3, -0.25) is 9.36 Å². The first-order chi connectivity index (χ1) is 17.1. The van der Waals surface area contributed by atoms with Crippen molar-refractivity contribution in [2.45, 2.75) is 44.5 Å². The van der Waals surface area contributed by atoms with Crippen LogP contribution in [0.2, 0.25) is 0 Å². The molecule has 1 atom stereocenters. The summed E-state index contributed by atoms with van der Waals surface area (Å²) in [5, 5.41) is 17.3. The maximum absolute atomic E-state index is 12.9. The maximum Gasteiger partial charge on any atom is 0.234 e. The predicted molar refractivity (Wildman–Crippen MR) is 134 cm³/mol. The van der Waals surface area contributed by atoms with Crippen LogP contribution in [0.1, 0.15) is 24.2 Å². The Labute approximate surface area is 209 Å². The summed E-state index contributed by atoms with van der Waals surface area (Å²) in [5.41, 5.74) is 3.37. The number of nitrogens with one attached hydrogen (secondary N) is 1.